The number of hydrogen-bond donors (Lipinski definition) is 2. The highest BCUT2D eigenvalue weighted by molar-refractivity contribution is 5.94. The largest absolute Gasteiger partial charge is 0.497 e. The molecule has 1 aliphatic rings. The molecule has 1 fully saturated rings. The number of benzene rings is 1. The summed E-state index contributed by atoms with van der Waals surface area (Å²) in [5, 5.41) is 1.98. The third-order valence-corrected chi connectivity index (χ3v) is 3.21. The highest BCUT2D eigenvalue weighted by Crippen LogP contribution is 2.12. The summed E-state index contributed by atoms with van der Waals surface area (Å²) in [6.45, 7) is 3.89. The molecule has 1 aliphatic heterocycles. The minimum absolute atomic E-state index is 0.0755. The van der Waals surface area contributed by atoms with Crippen molar-refractivity contribution < 1.29 is 14.4 Å². The SMILES string of the molecule is COc1cccc(C(=O)NN2CC[NH+](C)CC2)c1. The maximum atomic E-state index is 12.0. The Labute approximate surface area is 107 Å². The Kier molecular flexibility index (Phi) is 4.17. The molecule has 5 nitrogen and oxygen atoms in total. The zero-order chi connectivity index (χ0) is 13.0. The fourth-order valence-electron chi connectivity index (χ4n) is 1.97. The van der Waals surface area contributed by atoms with Gasteiger partial charge in [-0.05, 0) is 18.2 Å². The van der Waals surface area contributed by atoms with Crippen LogP contribution in [-0.2, 0) is 0 Å². The van der Waals surface area contributed by atoms with Gasteiger partial charge in [0.15, 0.2) is 0 Å². The number of nitrogens with one attached hydrogen (secondary N) is 2. The zero-order valence-electron chi connectivity index (χ0n) is 10.9. The second-order valence-corrected chi connectivity index (χ2v) is 4.62. The molecular formula is C13H20N3O2+. The number of nitrogens with zero attached hydrogens (tertiary/aromatic N) is 1. The summed E-state index contributed by atoms with van der Waals surface area (Å²) in [5.41, 5.74) is 3.56. The van der Waals surface area contributed by atoms with Crippen LogP contribution in [0.15, 0.2) is 24.3 Å². The second kappa shape index (κ2) is 5.84. The minimum Gasteiger partial charge on any atom is -0.497 e. The predicted molar refractivity (Wildman–Crippen MR) is 68.7 cm³/mol. The normalized spacial score (nSPS) is 17.4. The minimum atomic E-state index is -0.0755. The van der Waals surface area contributed by atoms with Crippen molar-refractivity contribution in [3.63, 3.8) is 0 Å². The van der Waals surface area contributed by atoms with Crippen LogP contribution < -0.4 is 15.1 Å². The fraction of sp³-hybridized carbons (Fsp3) is 0.462. The zero-order valence-corrected chi connectivity index (χ0v) is 10.9. The molecule has 0 spiro atoms. The monoisotopic (exact) mass is 250 g/mol. The van der Waals surface area contributed by atoms with E-state index in [9.17, 15) is 4.79 Å². The van der Waals surface area contributed by atoms with Gasteiger partial charge in [-0.1, -0.05) is 6.07 Å². The summed E-state index contributed by atoms with van der Waals surface area (Å²) in [6, 6.07) is 7.19. The molecule has 98 valence electrons. The molecule has 1 aromatic rings. The molecule has 0 bridgehead atoms. The van der Waals surface area contributed by atoms with Crippen LogP contribution in [-0.4, -0.2) is 51.3 Å². The quantitative estimate of drug-likeness (QED) is 0.736. The lowest BCUT2D eigenvalue weighted by molar-refractivity contribution is -0.884. The summed E-state index contributed by atoms with van der Waals surface area (Å²) in [6.07, 6.45) is 0. The lowest BCUT2D eigenvalue weighted by atomic mass is 10.2. The van der Waals surface area contributed by atoms with E-state index in [0.717, 1.165) is 26.2 Å². The molecule has 0 aliphatic carbocycles. The molecule has 2 rings (SSSR count). The van der Waals surface area contributed by atoms with Crippen LogP contribution in [0, 0.1) is 0 Å². The van der Waals surface area contributed by atoms with Gasteiger partial charge in [0, 0.05) is 5.56 Å². The van der Waals surface area contributed by atoms with Crippen LogP contribution in [0.5, 0.6) is 5.75 Å². The summed E-state index contributed by atoms with van der Waals surface area (Å²) >= 11 is 0. The third-order valence-electron chi connectivity index (χ3n) is 3.21. The Morgan fingerprint density at radius 2 is 2.11 bits per heavy atom. The number of amides is 1. The number of quaternary nitrogens is 1. The summed E-state index contributed by atoms with van der Waals surface area (Å²) in [5.74, 6) is 0.624. The Bertz CT molecular complexity index is 414. The Hall–Kier alpha value is -1.59. The van der Waals surface area contributed by atoms with E-state index in [4.69, 9.17) is 4.74 Å². The van der Waals surface area contributed by atoms with Crippen molar-refractivity contribution in [1.29, 1.82) is 0 Å². The van der Waals surface area contributed by atoms with E-state index >= 15 is 0 Å². The molecule has 0 atom stereocenters. The predicted octanol–water partition coefficient (Wildman–Crippen LogP) is -0.830. The van der Waals surface area contributed by atoms with Gasteiger partial charge in [-0.15, -0.1) is 0 Å². The van der Waals surface area contributed by atoms with Crippen molar-refractivity contribution in [3.8, 4) is 5.75 Å². The smallest absolute Gasteiger partial charge is 0.265 e. The first kappa shape index (κ1) is 12.9. The highest BCUT2D eigenvalue weighted by Gasteiger charge is 2.18. The molecule has 1 amide bonds. The lowest BCUT2D eigenvalue weighted by Gasteiger charge is -2.30. The number of ether oxygens (including phenoxy) is 1. The van der Waals surface area contributed by atoms with Crippen molar-refractivity contribution in [2.24, 2.45) is 0 Å². The van der Waals surface area contributed by atoms with E-state index in [-0.39, 0.29) is 5.91 Å². The summed E-state index contributed by atoms with van der Waals surface area (Å²) < 4.78 is 5.11. The van der Waals surface area contributed by atoms with Gasteiger partial charge in [0.2, 0.25) is 0 Å². The van der Waals surface area contributed by atoms with Crippen molar-refractivity contribution in [3.05, 3.63) is 29.8 Å². The van der Waals surface area contributed by atoms with E-state index in [1.54, 1.807) is 19.2 Å². The van der Waals surface area contributed by atoms with Crippen molar-refractivity contribution in [1.82, 2.24) is 10.4 Å². The lowest BCUT2D eigenvalue weighted by Crippen LogP contribution is -3.12. The number of rotatable bonds is 3. The Morgan fingerprint density at radius 1 is 1.39 bits per heavy atom. The van der Waals surface area contributed by atoms with Gasteiger partial charge in [-0.3, -0.25) is 10.2 Å². The molecule has 18 heavy (non-hydrogen) atoms. The molecule has 1 aromatic carbocycles. The molecule has 0 unspecified atom stereocenters. The number of carbonyl (C=O) groups excluding carboxylic acids is 1. The van der Waals surface area contributed by atoms with Crippen LogP contribution in [0.2, 0.25) is 0 Å². The van der Waals surface area contributed by atoms with Gasteiger partial charge in [-0.25, -0.2) is 5.01 Å². The van der Waals surface area contributed by atoms with Crippen molar-refractivity contribution >= 4 is 5.91 Å². The van der Waals surface area contributed by atoms with Crippen LogP contribution in [0.3, 0.4) is 0 Å². The molecule has 0 saturated carbocycles. The summed E-state index contributed by atoms with van der Waals surface area (Å²) in [4.78, 5) is 13.5. The standard InChI is InChI=1S/C13H19N3O2/c1-15-6-8-16(9-7-15)14-13(17)11-4-3-5-12(10-11)18-2/h3-5,10H,6-9H2,1-2H3,(H,14,17)/p+1. The Balaban J connectivity index is 1.94. The Morgan fingerprint density at radius 3 is 2.78 bits per heavy atom. The molecule has 0 aromatic heterocycles. The first-order valence-electron chi connectivity index (χ1n) is 6.20. The van der Waals surface area contributed by atoms with Gasteiger partial charge in [0.05, 0.1) is 40.3 Å². The fourth-order valence-corrected chi connectivity index (χ4v) is 1.97. The molecule has 0 radical (unpaired) electrons. The maximum absolute atomic E-state index is 12.0. The molecule has 2 N–H and O–H groups in total. The highest BCUT2D eigenvalue weighted by atomic mass is 16.5. The third kappa shape index (κ3) is 3.21. The van der Waals surface area contributed by atoms with Crippen LogP contribution in [0.1, 0.15) is 10.4 Å². The van der Waals surface area contributed by atoms with Crippen LogP contribution in [0.25, 0.3) is 0 Å². The van der Waals surface area contributed by atoms with Gasteiger partial charge < -0.3 is 9.64 Å². The number of methoxy groups -OCH3 is 1. The summed E-state index contributed by atoms with van der Waals surface area (Å²) in [7, 11) is 3.77. The molecular weight excluding hydrogens is 230 g/mol. The number of carbonyl (C=O) groups is 1. The van der Waals surface area contributed by atoms with Gasteiger partial charge >= 0.3 is 0 Å². The van der Waals surface area contributed by atoms with Gasteiger partial charge in [-0.2, -0.15) is 0 Å². The average Bonchev–Trinajstić information content (AvgIpc) is 2.41. The molecule has 1 saturated heterocycles. The van der Waals surface area contributed by atoms with Gasteiger partial charge in [0.25, 0.3) is 5.91 Å². The molecule has 1 heterocycles. The first-order chi connectivity index (χ1) is 8.69. The van der Waals surface area contributed by atoms with E-state index in [1.807, 2.05) is 17.1 Å². The number of piperazine rings is 1. The molecule has 5 heteroatoms. The van der Waals surface area contributed by atoms with Crippen molar-refractivity contribution in [2.45, 2.75) is 0 Å². The van der Waals surface area contributed by atoms with E-state index < -0.39 is 0 Å². The van der Waals surface area contributed by atoms with E-state index in [2.05, 4.69) is 12.5 Å². The number of hydrogen-bond acceptors (Lipinski definition) is 3. The topological polar surface area (TPSA) is 46.0 Å². The van der Waals surface area contributed by atoms with E-state index in [0.29, 0.717) is 11.3 Å². The first-order valence-corrected chi connectivity index (χ1v) is 6.20. The van der Waals surface area contributed by atoms with Crippen molar-refractivity contribution in [2.75, 3.05) is 40.3 Å². The van der Waals surface area contributed by atoms with Crippen LogP contribution >= 0.6 is 0 Å². The van der Waals surface area contributed by atoms with Crippen LogP contribution in [0.4, 0.5) is 0 Å². The maximum Gasteiger partial charge on any atom is 0.265 e. The van der Waals surface area contributed by atoms with Gasteiger partial charge in [0.1, 0.15) is 5.75 Å². The second-order valence-electron chi connectivity index (χ2n) is 4.62. The number of likely N-dealkylation sites (N-methyl/N-ethyl adjacent to an activating group) is 1. The van der Waals surface area contributed by atoms with E-state index in [1.165, 1.54) is 4.90 Å². The number of hydrazine groups is 1. The average molecular weight is 250 g/mol.